The molecule has 0 saturated heterocycles. The normalized spacial score (nSPS) is 14.4. The Morgan fingerprint density at radius 1 is 0.531 bits per heavy atom. The molecule has 0 aliphatic carbocycles. The molecule has 376 valence electrons. The fraction of sp³-hybridized carbons (Fsp3) is 0.836. The van der Waals surface area contributed by atoms with Gasteiger partial charge in [-0.15, -0.1) is 0 Å². The summed E-state index contributed by atoms with van der Waals surface area (Å²) in [5.41, 5.74) is 0. The number of nitrogens with one attached hydrogen (secondary N) is 1. The van der Waals surface area contributed by atoms with Crippen molar-refractivity contribution in [2.75, 3.05) is 40.9 Å². The third kappa shape index (κ3) is 48.4. The van der Waals surface area contributed by atoms with Gasteiger partial charge >= 0.3 is 7.82 Å². The zero-order valence-corrected chi connectivity index (χ0v) is 43.7. The molecular formula is C55H106N2O6P+. The van der Waals surface area contributed by atoms with E-state index in [4.69, 9.17) is 9.05 Å². The zero-order valence-electron chi connectivity index (χ0n) is 42.8. The average molecular weight is 922 g/mol. The minimum atomic E-state index is -4.35. The Morgan fingerprint density at radius 2 is 0.906 bits per heavy atom. The highest BCUT2D eigenvalue weighted by atomic mass is 31.2. The summed E-state index contributed by atoms with van der Waals surface area (Å²) in [6.07, 6.45) is 60.7. The molecule has 8 nitrogen and oxygen atoms in total. The van der Waals surface area contributed by atoms with Crippen LogP contribution in [0.5, 0.6) is 0 Å². The van der Waals surface area contributed by atoms with Crippen molar-refractivity contribution >= 4 is 13.7 Å². The molecule has 1 amide bonds. The lowest BCUT2D eigenvalue weighted by atomic mass is 10.0. The summed E-state index contributed by atoms with van der Waals surface area (Å²) in [5, 5.41) is 13.8. The van der Waals surface area contributed by atoms with Crippen LogP contribution in [0.15, 0.2) is 48.6 Å². The third-order valence-electron chi connectivity index (χ3n) is 12.0. The van der Waals surface area contributed by atoms with Gasteiger partial charge in [-0.1, -0.05) is 223 Å². The lowest BCUT2D eigenvalue weighted by Crippen LogP contribution is -2.45. The number of phosphoric ester groups is 1. The van der Waals surface area contributed by atoms with Crippen LogP contribution in [0.2, 0.25) is 0 Å². The number of allylic oxidation sites excluding steroid dienone is 7. The van der Waals surface area contributed by atoms with E-state index in [-0.39, 0.29) is 19.1 Å². The number of hydrogen-bond donors (Lipinski definition) is 3. The summed E-state index contributed by atoms with van der Waals surface area (Å²) in [4.78, 5) is 23.2. The van der Waals surface area contributed by atoms with Gasteiger partial charge in [0.15, 0.2) is 0 Å². The number of hydrogen-bond acceptors (Lipinski definition) is 5. The standard InChI is InChI=1S/C55H105N2O6P/c1-6-8-10-12-14-16-18-20-21-22-23-24-25-26-27-28-29-30-31-32-33-34-35-37-39-41-43-45-47-49-55(59)56-53(52-63-64(60,61)62-51-50-57(3,4)5)54(58)48-46-44-42-40-38-36-19-17-15-13-11-9-7-2/h23-24,26-27,38,40,46,48,53-54,58H,6-22,25,28-37,39,41-45,47,49-52H2,1-5H3,(H-,56,59,60,61)/p+1/b24-23-,27-26-,40-38+,48-46+. The molecule has 0 aromatic rings. The van der Waals surface area contributed by atoms with Crippen molar-refractivity contribution in [2.45, 2.75) is 257 Å². The van der Waals surface area contributed by atoms with Crippen molar-refractivity contribution < 1.29 is 32.9 Å². The molecular weight excluding hydrogens is 816 g/mol. The Bertz CT molecular complexity index is 1180. The molecule has 0 spiro atoms. The predicted molar refractivity (Wildman–Crippen MR) is 277 cm³/mol. The molecule has 0 bridgehead atoms. The van der Waals surface area contributed by atoms with E-state index >= 15 is 0 Å². The van der Waals surface area contributed by atoms with Crippen LogP contribution in [0, 0.1) is 0 Å². The third-order valence-corrected chi connectivity index (χ3v) is 13.0. The molecule has 3 unspecified atom stereocenters. The molecule has 0 radical (unpaired) electrons. The van der Waals surface area contributed by atoms with Gasteiger partial charge in [0.25, 0.3) is 0 Å². The predicted octanol–water partition coefficient (Wildman–Crippen LogP) is 16.0. The van der Waals surface area contributed by atoms with Gasteiger partial charge in [-0.05, 0) is 64.2 Å². The van der Waals surface area contributed by atoms with Gasteiger partial charge in [0.2, 0.25) is 5.91 Å². The number of quaternary nitrogens is 1. The Kier molecular flexibility index (Phi) is 45.4. The van der Waals surface area contributed by atoms with Crippen LogP contribution in [-0.4, -0.2) is 73.4 Å². The second-order valence-corrected chi connectivity index (χ2v) is 21.0. The van der Waals surface area contributed by atoms with Gasteiger partial charge in [-0.25, -0.2) is 4.57 Å². The second kappa shape index (κ2) is 46.6. The van der Waals surface area contributed by atoms with E-state index in [0.717, 1.165) is 44.9 Å². The average Bonchev–Trinajstić information content (AvgIpc) is 3.25. The van der Waals surface area contributed by atoms with Crippen LogP contribution in [-0.2, 0) is 18.4 Å². The number of rotatable bonds is 49. The van der Waals surface area contributed by atoms with Crippen molar-refractivity contribution in [3.05, 3.63) is 48.6 Å². The number of unbranched alkanes of at least 4 members (excludes halogenated alkanes) is 30. The second-order valence-electron chi connectivity index (χ2n) is 19.6. The van der Waals surface area contributed by atoms with E-state index in [0.29, 0.717) is 17.4 Å². The largest absolute Gasteiger partial charge is 0.472 e. The smallest absolute Gasteiger partial charge is 0.387 e. The summed E-state index contributed by atoms with van der Waals surface area (Å²) in [6.45, 7) is 4.79. The first-order valence-corrected chi connectivity index (χ1v) is 28.5. The van der Waals surface area contributed by atoms with E-state index in [2.05, 4.69) is 55.6 Å². The maximum atomic E-state index is 12.9. The molecule has 9 heteroatoms. The Balaban J connectivity index is 4.14. The maximum Gasteiger partial charge on any atom is 0.472 e. The number of nitrogens with zero attached hydrogens (tertiary/aromatic N) is 1. The fourth-order valence-corrected chi connectivity index (χ4v) is 8.47. The van der Waals surface area contributed by atoms with E-state index in [9.17, 15) is 19.4 Å². The first-order valence-electron chi connectivity index (χ1n) is 27.0. The maximum absolute atomic E-state index is 12.9. The van der Waals surface area contributed by atoms with E-state index in [1.165, 1.54) is 180 Å². The molecule has 0 aliphatic rings. The van der Waals surface area contributed by atoms with Crippen molar-refractivity contribution in [3.8, 4) is 0 Å². The van der Waals surface area contributed by atoms with E-state index in [1.54, 1.807) is 6.08 Å². The summed E-state index contributed by atoms with van der Waals surface area (Å²) < 4.78 is 23.6. The van der Waals surface area contributed by atoms with Crippen LogP contribution in [0.3, 0.4) is 0 Å². The molecule has 0 aliphatic heterocycles. The van der Waals surface area contributed by atoms with Crippen LogP contribution >= 0.6 is 7.82 Å². The minimum absolute atomic E-state index is 0.0554. The van der Waals surface area contributed by atoms with Crippen molar-refractivity contribution in [3.63, 3.8) is 0 Å². The number of carbonyl (C=O) groups is 1. The molecule has 0 heterocycles. The lowest BCUT2D eigenvalue weighted by molar-refractivity contribution is -0.870. The van der Waals surface area contributed by atoms with Crippen molar-refractivity contribution in [1.29, 1.82) is 0 Å². The quantitative estimate of drug-likeness (QED) is 0.0243. The van der Waals surface area contributed by atoms with Gasteiger partial charge in [0, 0.05) is 6.42 Å². The van der Waals surface area contributed by atoms with Gasteiger partial charge < -0.3 is 19.8 Å². The number of aliphatic hydroxyl groups is 1. The van der Waals surface area contributed by atoms with Gasteiger partial charge in [0.1, 0.15) is 13.2 Å². The Morgan fingerprint density at radius 3 is 1.34 bits per heavy atom. The first-order chi connectivity index (χ1) is 31.0. The molecule has 64 heavy (non-hydrogen) atoms. The highest BCUT2D eigenvalue weighted by Crippen LogP contribution is 2.43. The molecule has 0 rings (SSSR count). The molecule has 3 N–H and O–H groups in total. The lowest BCUT2D eigenvalue weighted by Gasteiger charge is -2.25. The van der Waals surface area contributed by atoms with Gasteiger partial charge in [-0.3, -0.25) is 13.8 Å². The summed E-state index contributed by atoms with van der Waals surface area (Å²) in [5.74, 6) is -0.188. The minimum Gasteiger partial charge on any atom is -0.387 e. The van der Waals surface area contributed by atoms with Crippen molar-refractivity contribution in [2.24, 2.45) is 0 Å². The number of likely N-dealkylation sites (N-methyl/N-ethyl adjacent to an activating group) is 1. The highest BCUT2D eigenvalue weighted by molar-refractivity contribution is 7.47. The summed E-state index contributed by atoms with van der Waals surface area (Å²) in [7, 11) is 1.55. The summed E-state index contributed by atoms with van der Waals surface area (Å²) in [6, 6.07) is -0.863. The topological polar surface area (TPSA) is 105 Å². The molecule has 0 aromatic heterocycles. The van der Waals surface area contributed by atoms with Crippen LogP contribution in [0.25, 0.3) is 0 Å². The monoisotopic (exact) mass is 922 g/mol. The molecule has 0 saturated carbocycles. The van der Waals surface area contributed by atoms with Gasteiger partial charge in [0.05, 0.1) is 39.9 Å². The number of phosphoric acid groups is 1. The van der Waals surface area contributed by atoms with Crippen LogP contribution in [0.1, 0.15) is 245 Å². The number of amides is 1. The van der Waals surface area contributed by atoms with E-state index < -0.39 is 20.0 Å². The Labute approximate surface area is 397 Å². The van der Waals surface area contributed by atoms with Crippen LogP contribution < -0.4 is 5.32 Å². The SMILES string of the molecule is CCCCCCCCC/C=C/CC/C=C/C(O)C(COP(=O)(O)OCC[N+](C)(C)C)NC(=O)CCCCCCCCCCCCCCC/C=C\C/C=C\CCCCCCCCCCC. The molecule has 3 atom stereocenters. The van der Waals surface area contributed by atoms with Crippen molar-refractivity contribution in [1.82, 2.24) is 5.32 Å². The van der Waals surface area contributed by atoms with E-state index in [1.807, 2.05) is 27.2 Å². The molecule has 0 fully saturated rings. The van der Waals surface area contributed by atoms with Crippen LogP contribution in [0.4, 0.5) is 0 Å². The highest BCUT2D eigenvalue weighted by Gasteiger charge is 2.27. The molecule has 0 aromatic carbocycles. The number of aliphatic hydroxyl groups excluding tert-OH is 1. The fourth-order valence-electron chi connectivity index (χ4n) is 7.74. The first kappa shape index (κ1) is 62.5. The Hall–Kier alpha value is -1.54. The number of carbonyl (C=O) groups excluding carboxylic acids is 1. The zero-order chi connectivity index (χ0) is 47.1. The summed E-state index contributed by atoms with van der Waals surface area (Å²) >= 11 is 0. The van der Waals surface area contributed by atoms with Gasteiger partial charge in [-0.2, -0.15) is 0 Å².